The van der Waals surface area contributed by atoms with Gasteiger partial charge in [0.25, 0.3) is 0 Å². The topological polar surface area (TPSA) is 78.4 Å². The Morgan fingerprint density at radius 2 is 1.48 bits per heavy atom. The normalized spacial score (nSPS) is 10.5. The number of hydrogen-bond acceptors (Lipinski definition) is 3. The minimum absolute atomic E-state index is 0.00875. The fourth-order valence-electron chi connectivity index (χ4n) is 2.53. The summed E-state index contributed by atoms with van der Waals surface area (Å²) >= 11 is 0. The molecule has 0 bridgehead atoms. The Morgan fingerprint density at radius 3 is 2.22 bits per heavy atom. The van der Waals surface area contributed by atoms with Crippen molar-refractivity contribution in [2.24, 2.45) is 0 Å². The molecule has 2 aromatic carbocycles. The van der Waals surface area contributed by atoms with Crippen LogP contribution in [0.15, 0.2) is 42.5 Å². The number of rotatable bonds is 8. The van der Waals surface area contributed by atoms with Gasteiger partial charge in [-0.1, -0.05) is 49.2 Å². The van der Waals surface area contributed by atoms with Gasteiger partial charge in [-0.15, -0.1) is 0 Å². The van der Waals surface area contributed by atoms with Crippen molar-refractivity contribution in [2.75, 3.05) is 5.32 Å². The van der Waals surface area contributed by atoms with Gasteiger partial charge in [0.15, 0.2) is 0 Å². The molecule has 0 fully saturated rings. The predicted molar refractivity (Wildman–Crippen MR) is 90.2 cm³/mol. The zero-order chi connectivity index (χ0) is 16.5. The second-order valence-corrected chi connectivity index (χ2v) is 5.52. The zero-order valence-electron chi connectivity index (χ0n) is 13.0. The number of hydroxylamine groups is 1. The van der Waals surface area contributed by atoms with Crippen LogP contribution < -0.4 is 10.8 Å². The number of anilines is 1. The molecule has 5 nitrogen and oxygen atoms in total. The molecule has 3 N–H and O–H groups in total. The summed E-state index contributed by atoms with van der Waals surface area (Å²) in [7, 11) is 0. The average molecular weight is 314 g/mol. The molecule has 0 aliphatic heterocycles. The first-order valence-corrected chi connectivity index (χ1v) is 7.91. The van der Waals surface area contributed by atoms with Crippen molar-refractivity contribution < 1.29 is 14.8 Å². The lowest BCUT2D eigenvalue weighted by atomic mass is 10.1. The first kappa shape index (κ1) is 17.0. The van der Waals surface area contributed by atoms with Crippen LogP contribution >= 0.6 is 0 Å². The third-order valence-electron chi connectivity index (χ3n) is 3.75. The third-order valence-corrected chi connectivity index (χ3v) is 3.75. The number of carbonyl (C=O) groups is 2. The summed E-state index contributed by atoms with van der Waals surface area (Å²) in [5.41, 5.74) is 2.45. The van der Waals surface area contributed by atoms with Crippen LogP contribution in [-0.2, 0) is 9.59 Å². The van der Waals surface area contributed by atoms with Crippen molar-refractivity contribution in [1.82, 2.24) is 5.48 Å². The Balaban J connectivity index is 1.73. The van der Waals surface area contributed by atoms with Crippen molar-refractivity contribution >= 4 is 28.3 Å². The summed E-state index contributed by atoms with van der Waals surface area (Å²) in [6.07, 6.45) is 4.05. The fourth-order valence-corrected chi connectivity index (χ4v) is 2.53. The molecular weight excluding hydrogens is 292 g/mol. The predicted octanol–water partition coefficient (Wildman–Crippen LogP) is 3.62. The standard InChI is InChI=1S/C18H22N2O3/c21-17(12-3-1-2-4-13-18(22)20-23)19-16-11-7-9-14-8-5-6-10-15(14)16/h5-11,23H,1-4,12-13H2,(H,19,21)(H,20,22). The third kappa shape index (κ3) is 5.38. The summed E-state index contributed by atoms with van der Waals surface area (Å²) < 4.78 is 0. The molecule has 0 heterocycles. The fraction of sp³-hybridized carbons (Fsp3) is 0.333. The SMILES string of the molecule is O=C(CCCCCCC(=O)Nc1cccc2ccccc12)NO. The van der Waals surface area contributed by atoms with E-state index in [4.69, 9.17) is 5.21 Å². The Morgan fingerprint density at radius 1 is 0.826 bits per heavy atom. The summed E-state index contributed by atoms with van der Waals surface area (Å²) in [6.45, 7) is 0. The first-order chi connectivity index (χ1) is 11.2. The maximum absolute atomic E-state index is 12.0. The summed E-state index contributed by atoms with van der Waals surface area (Å²) in [5.74, 6) is -0.354. The Labute approximate surface area is 135 Å². The number of carbonyl (C=O) groups excluding carboxylic acids is 2. The number of amides is 2. The van der Waals surface area contributed by atoms with Crippen LogP contribution in [0.2, 0.25) is 0 Å². The maximum atomic E-state index is 12.0. The Bertz CT molecular complexity index is 665. The van der Waals surface area contributed by atoms with E-state index in [0.29, 0.717) is 12.8 Å². The molecule has 0 aliphatic carbocycles. The van der Waals surface area contributed by atoms with E-state index < -0.39 is 0 Å². The molecule has 0 aromatic heterocycles. The largest absolute Gasteiger partial charge is 0.326 e. The summed E-state index contributed by atoms with van der Waals surface area (Å²) in [5, 5.41) is 13.5. The Hall–Kier alpha value is -2.40. The monoisotopic (exact) mass is 314 g/mol. The summed E-state index contributed by atoms with van der Waals surface area (Å²) in [4.78, 5) is 22.9. The van der Waals surface area contributed by atoms with E-state index in [1.54, 1.807) is 5.48 Å². The lowest BCUT2D eigenvalue weighted by Gasteiger charge is -2.08. The number of nitrogens with one attached hydrogen (secondary N) is 2. The molecular formula is C18H22N2O3. The molecule has 0 radical (unpaired) electrons. The van der Waals surface area contributed by atoms with Crippen molar-refractivity contribution in [2.45, 2.75) is 38.5 Å². The van der Waals surface area contributed by atoms with Crippen LogP contribution in [0.3, 0.4) is 0 Å². The number of hydrogen-bond donors (Lipinski definition) is 3. The molecule has 2 rings (SSSR count). The van der Waals surface area contributed by atoms with Crippen molar-refractivity contribution in [3.63, 3.8) is 0 Å². The first-order valence-electron chi connectivity index (χ1n) is 7.91. The van der Waals surface area contributed by atoms with Crippen LogP contribution in [0.5, 0.6) is 0 Å². The highest BCUT2D eigenvalue weighted by Gasteiger charge is 2.05. The highest BCUT2D eigenvalue weighted by Crippen LogP contribution is 2.23. The molecule has 2 amide bonds. The highest BCUT2D eigenvalue weighted by atomic mass is 16.5. The second kappa shape index (κ2) is 8.90. The molecule has 5 heteroatoms. The van der Waals surface area contributed by atoms with Gasteiger partial charge in [0.2, 0.25) is 11.8 Å². The number of unbranched alkanes of at least 4 members (excludes halogenated alkanes) is 3. The van der Waals surface area contributed by atoms with Crippen molar-refractivity contribution in [3.05, 3.63) is 42.5 Å². The minimum Gasteiger partial charge on any atom is -0.326 e. The van der Waals surface area contributed by atoms with Gasteiger partial charge in [0.1, 0.15) is 0 Å². The molecule has 0 unspecified atom stereocenters. The quantitative estimate of drug-likeness (QED) is 0.395. The molecule has 0 aliphatic rings. The second-order valence-electron chi connectivity index (χ2n) is 5.52. The van der Waals surface area contributed by atoms with Crippen LogP contribution in [0.25, 0.3) is 10.8 Å². The number of fused-ring (bicyclic) bond motifs is 1. The van der Waals surface area contributed by atoms with E-state index in [-0.39, 0.29) is 11.8 Å². The molecule has 0 saturated heterocycles. The molecule has 0 saturated carbocycles. The van der Waals surface area contributed by atoms with E-state index in [2.05, 4.69) is 5.32 Å². The van der Waals surface area contributed by atoms with Crippen LogP contribution in [0.1, 0.15) is 38.5 Å². The number of benzene rings is 2. The van der Waals surface area contributed by atoms with E-state index in [1.807, 2.05) is 42.5 Å². The van der Waals surface area contributed by atoms with E-state index in [1.165, 1.54) is 0 Å². The zero-order valence-corrected chi connectivity index (χ0v) is 13.0. The van der Waals surface area contributed by atoms with Gasteiger partial charge in [-0.2, -0.15) is 0 Å². The molecule has 122 valence electrons. The lowest BCUT2D eigenvalue weighted by Crippen LogP contribution is -2.17. The molecule has 23 heavy (non-hydrogen) atoms. The maximum Gasteiger partial charge on any atom is 0.243 e. The van der Waals surface area contributed by atoms with Gasteiger partial charge >= 0.3 is 0 Å². The smallest absolute Gasteiger partial charge is 0.243 e. The van der Waals surface area contributed by atoms with Crippen LogP contribution in [-0.4, -0.2) is 17.0 Å². The molecule has 0 spiro atoms. The van der Waals surface area contributed by atoms with Gasteiger partial charge in [-0.25, -0.2) is 5.48 Å². The summed E-state index contributed by atoms with van der Waals surface area (Å²) in [6, 6.07) is 13.8. The van der Waals surface area contributed by atoms with E-state index in [9.17, 15) is 9.59 Å². The van der Waals surface area contributed by atoms with Crippen LogP contribution in [0, 0.1) is 0 Å². The average Bonchev–Trinajstić information content (AvgIpc) is 2.58. The van der Waals surface area contributed by atoms with Gasteiger partial charge in [0, 0.05) is 23.9 Å². The van der Waals surface area contributed by atoms with E-state index in [0.717, 1.165) is 42.1 Å². The van der Waals surface area contributed by atoms with Crippen molar-refractivity contribution in [1.29, 1.82) is 0 Å². The van der Waals surface area contributed by atoms with Crippen LogP contribution in [0.4, 0.5) is 5.69 Å². The van der Waals surface area contributed by atoms with Gasteiger partial charge in [-0.3, -0.25) is 14.8 Å². The molecule has 2 aromatic rings. The van der Waals surface area contributed by atoms with Gasteiger partial charge in [0.05, 0.1) is 0 Å². The lowest BCUT2D eigenvalue weighted by molar-refractivity contribution is -0.129. The Kier molecular flexibility index (Phi) is 6.56. The van der Waals surface area contributed by atoms with Gasteiger partial charge in [-0.05, 0) is 24.3 Å². The molecule has 0 atom stereocenters. The van der Waals surface area contributed by atoms with Crippen molar-refractivity contribution in [3.8, 4) is 0 Å². The van der Waals surface area contributed by atoms with Gasteiger partial charge < -0.3 is 5.32 Å². The highest BCUT2D eigenvalue weighted by molar-refractivity contribution is 6.02. The van der Waals surface area contributed by atoms with E-state index >= 15 is 0 Å². The minimum atomic E-state index is -0.362.